The molecule has 2 aromatic rings. The molecule has 1 heterocycles. The highest BCUT2D eigenvalue weighted by Gasteiger charge is 2.07. The molecular formula is C13H9BrClNO2. The number of carbonyl (C=O) groups is 1. The van der Waals surface area contributed by atoms with E-state index < -0.39 is 0 Å². The molecule has 0 radical (unpaired) electrons. The van der Waals surface area contributed by atoms with Crippen molar-refractivity contribution in [2.45, 2.75) is 6.92 Å². The minimum Gasteiger partial charge on any atom is -0.456 e. The van der Waals surface area contributed by atoms with Gasteiger partial charge in [-0.25, -0.2) is 0 Å². The first-order valence-corrected chi connectivity index (χ1v) is 6.32. The highest BCUT2D eigenvalue weighted by Crippen LogP contribution is 2.27. The lowest BCUT2D eigenvalue weighted by atomic mass is 10.1. The molecular weight excluding hydrogens is 318 g/mol. The van der Waals surface area contributed by atoms with Crippen molar-refractivity contribution in [2.75, 3.05) is 0 Å². The van der Waals surface area contributed by atoms with Gasteiger partial charge in [-0.05, 0) is 41.1 Å². The molecule has 1 aromatic heterocycles. The Balaban J connectivity index is 2.25. The molecule has 0 amide bonds. The van der Waals surface area contributed by atoms with Crippen LogP contribution in [-0.4, -0.2) is 10.8 Å². The number of hydrogen-bond donors (Lipinski definition) is 0. The van der Waals surface area contributed by atoms with Crippen molar-refractivity contribution in [1.29, 1.82) is 0 Å². The number of ketones is 1. The van der Waals surface area contributed by atoms with E-state index in [0.717, 1.165) is 4.47 Å². The SMILES string of the molecule is CC(=O)c1ccc(Oc2cncc(Br)c2)cc1Cl. The fourth-order valence-electron chi connectivity index (χ4n) is 1.43. The molecule has 0 aliphatic heterocycles. The zero-order valence-corrected chi connectivity index (χ0v) is 11.8. The number of Topliss-reactive ketones (excluding diaryl/α,β-unsaturated/α-hetero) is 1. The first-order chi connectivity index (χ1) is 8.56. The van der Waals surface area contributed by atoms with Gasteiger partial charge in [0.05, 0.1) is 11.2 Å². The number of benzene rings is 1. The number of pyridine rings is 1. The van der Waals surface area contributed by atoms with Crippen LogP contribution >= 0.6 is 27.5 Å². The summed E-state index contributed by atoms with van der Waals surface area (Å²) in [6.07, 6.45) is 3.26. The van der Waals surface area contributed by atoms with Gasteiger partial charge in [-0.2, -0.15) is 0 Å². The molecule has 3 nitrogen and oxygen atoms in total. The van der Waals surface area contributed by atoms with Crippen LogP contribution in [-0.2, 0) is 0 Å². The van der Waals surface area contributed by atoms with E-state index in [1.165, 1.54) is 6.92 Å². The summed E-state index contributed by atoms with van der Waals surface area (Å²) >= 11 is 9.30. The highest BCUT2D eigenvalue weighted by atomic mass is 79.9. The third-order valence-corrected chi connectivity index (χ3v) is 2.98. The number of halogens is 2. The first-order valence-electron chi connectivity index (χ1n) is 5.15. The Morgan fingerprint density at radius 1 is 1.28 bits per heavy atom. The Morgan fingerprint density at radius 2 is 2.06 bits per heavy atom. The lowest BCUT2D eigenvalue weighted by molar-refractivity contribution is 0.101. The van der Waals surface area contributed by atoms with Crippen LogP contribution in [0.3, 0.4) is 0 Å². The average molecular weight is 327 g/mol. The summed E-state index contributed by atoms with van der Waals surface area (Å²) in [5.41, 5.74) is 0.483. The number of rotatable bonds is 3. The van der Waals surface area contributed by atoms with Crippen LogP contribution in [0.4, 0.5) is 0 Å². The Kier molecular flexibility index (Phi) is 3.99. The zero-order chi connectivity index (χ0) is 13.1. The lowest BCUT2D eigenvalue weighted by Gasteiger charge is -2.07. The van der Waals surface area contributed by atoms with Crippen LogP contribution in [0.15, 0.2) is 41.1 Å². The summed E-state index contributed by atoms with van der Waals surface area (Å²) in [6, 6.07) is 6.74. The van der Waals surface area contributed by atoms with Crippen LogP contribution in [0, 0.1) is 0 Å². The van der Waals surface area contributed by atoms with Crippen molar-refractivity contribution in [2.24, 2.45) is 0 Å². The largest absolute Gasteiger partial charge is 0.456 e. The second-order valence-corrected chi connectivity index (χ2v) is 4.96. The molecule has 0 aliphatic rings. The van der Waals surface area contributed by atoms with Gasteiger partial charge < -0.3 is 4.74 Å². The molecule has 2 rings (SSSR count). The normalized spacial score (nSPS) is 10.2. The summed E-state index contributed by atoms with van der Waals surface area (Å²) in [7, 11) is 0. The van der Waals surface area contributed by atoms with Crippen molar-refractivity contribution in [1.82, 2.24) is 4.98 Å². The summed E-state index contributed by atoms with van der Waals surface area (Å²) in [5.74, 6) is 1.08. The average Bonchev–Trinajstić information content (AvgIpc) is 2.28. The predicted molar refractivity (Wildman–Crippen MR) is 73.5 cm³/mol. The van der Waals surface area contributed by atoms with Crippen LogP contribution in [0.25, 0.3) is 0 Å². The second kappa shape index (κ2) is 5.50. The number of ether oxygens (including phenoxy) is 1. The maximum atomic E-state index is 11.2. The van der Waals surface area contributed by atoms with E-state index in [-0.39, 0.29) is 5.78 Å². The Hall–Kier alpha value is -1.39. The lowest BCUT2D eigenvalue weighted by Crippen LogP contribution is -1.94. The van der Waals surface area contributed by atoms with Crippen LogP contribution < -0.4 is 4.74 Å². The molecule has 0 saturated carbocycles. The van der Waals surface area contributed by atoms with Crippen LogP contribution in [0.5, 0.6) is 11.5 Å². The van der Waals surface area contributed by atoms with E-state index in [2.05, 4.69) is 20.9 Å². The third kappa shape index (κ3) is 3.09. The van der Waals surface area contributed by atoms with Crippen molar-refractivity contribution in [3.05, 3.63) is 51.7 Å². The van der Waals surface area contributed by atoms with Crippen molar-refractivity contribution < 1.29 is 9.53 Å². The fraction of sp³-hybridized carbons (Fsp3) is 0.0769. The summed E-state index contributed by atoms with van der Waals surface area (Å²) in [4.78, 5) is 15.2. The van der Waals surface area contributed by atoms with E-state index in [0.29, 0.717) is 22.1 Å². The molecule has 5 heteroatoms. The summed E-state index contributed by atoms with van der Waals surface area (Å²) in [6.45, 7) is 1.47. The third-order valence-electron chi connectivity index (χ3n) is 2.24. The van der Waals surface area contributed by atoms with Crippen molar-refractivity contribution in [3.63, 3.8) is 0 Å². The molecule has 0 unspecified atom stereocenters. The minimum atomic E-state index is -0.0735. The minimum absolute atomic E-state index is 0.0735. The molecule has 0 spiro atoms. The van der Waals surface area contributed by atoms with E-state index in [1.807, 2.05) is 0 Å². The Bertz CT molecular complexity index is 601. The Labute approximate surface area is 118 Å². The zero-order valence-electron chi connectivity index (χ0n) is 9.48. The summed E-state index contributed by atoms with van der Waals surface area (Å²) in [5, 5.41) is 0.378. The number of hydrogen-bond acceptors (Lipinski definition) is 3. The number of aromatic nitrogens is 1. The maximum Gasteiger partial charge on any atom is 0.161 e. The van der Waals surface area contributed by atoms with Gasteiger partial charge in [0.15, 0.2) is 5.78 Å². The van der Waals surface area contributed by atoms with Gasteiger partial charge in [0.25, 0.3) is 0 Å². The molecule has 0 N–H and O–H groups in total. The molecule has 0 saturated heterocycles. The van der Waals surface area contributed by atoms with Gasteiger partial charge in [0, 0.05) is 22.3 Å². The molecule has 0 bridgehead atoms. The fourth-order valence-corrected chi connectivity index (χ4v) is 2.08. The van der Waals surface area contributed by atoms with Crippen LogP contribution in [0.2, 0.25) is 5.02 Å². The van der Waals surface area contributed by atoms with Gasteiger partial charge in [-0.15, -0.1) is 0 Å². The molecule has 0 fully saturated rings. The second-order valence-electron chi connectivity index (χ2n) is 3.64. The van der Waals surface area contributed by atoms with Crippen molar-refractivity contribution >= 4 is 33.3 Å². The first kappa shape index (κ1) is 13.1. The molecule has 92 valence electrons. The molecule has 0 atom stereocenters. The quantitative estimate of drug-likeness (QED) is 0.780. The van der Waals surface area contributed by atoms with E-state index in [1.54, 1.807) is 36.7 Å². The standard InChI is InChI=1S/C13H9BrClNO2/c1-8(17)12-3-2-10(5-13(12)15)18-11-4-9(14)6-16-7-11/h2-7H,1H3. The predicted octanol–water partition coefficient (Wildman–Crippen LogP) is 4.49. The van der Waals surface area contributed by atoms with Gasteiger partial charge >= 0.3 is 0 Å². The highest BCUT2D eigenvalue weighted by molar-refractivity contribution is 9.10. The maximum absolute atomic E-state index is 11.2. The van der Waals surface area contributed by atoms with E-state index in [9.17, 15) is 4.79 Å². The monoisotopic (exact) mass is 325 g/mol. The molecule has 0 aliphatic carbocycles. The number of carbonyl (C=O) groups excluding carboxylic acids is 1. The van der Waals surface area contributed by atoms with Gasteiger partial charge in [-0.1, -0.05) is 11.6 Å². The Morgan fingerprint density at radius 3 is 2.67 bits per heavy atom. The van der Waals surface area contributed by atoms with E-state index in [4.69, 9.17) is 16.3 Å². The van der Waals surface area contributed by atoms with E-state index >= 15 is 0 Å². The van der Waals surface area contributed by atoms with Crippen molar-refractivity contribution in [3.8, 4) is 11.5 Å². The van der Waals surface area contributed by atoms with Gasteiger partial charge in [0.1, 0.15) is 11.5 Å². The molecule has 18 heavy (non-hydrogen) atoms. The topological polar surface area (TPSA) is 39.2 Å². The number of nitrogens with zero attached hydrogens (tertiary/aromatic N) is 1. The van der Waals surface area contributed by atoms with Crippen LogP contribution in [0.1, 0.15) is 17.3 Å². The van der Waals surface area contributed by atoms with Gasteiger partial charge in [-0.3, -0.25) is 9.78 Å². The summed E-state index contributed by atoms with van der Waals surface area (Å²) < 4.78 is 6.41. The smallest absolute Gasteiger partial charge is 0.161 e. The van der Waals surface area contributed by atoms with Gasteiger partial charge in [0.2, 0.25) is 0 Å². The molecule has 1 aromatic carbocycles.